The van der Waals surface area contributed by atoms with Crippen LogP contribution in [-0.4, -0.2) is 29.5 Å². The van der Waals surface area contributed by atoms with Crippen molar-refractivity contribution in [1.29, 1.82) is 0 Å². The van der Waals surface area contributed by atoms with Gasteiger partial charge in [-0.3, -0.25) is 4.68 Å². The number of aromatic nitrogens is 2. The summed E-state index contributed by atoms with van der Waals surface area (Å²) in [7, 11) is 4.05. The van der Waals surface area contributed by atoms with Gasteiger partial charge in [0.25, 0.3) is 0 Å². The van der Waals surface area contributed by atoms with E-state index in [1.165, 1.54) is 42.3 Å². The molecular formula is C17H25N3O. The first-order valence-corrected chi connectivity index (χ1v) is 8.00. The van der Waals surface area contributed by atoms with Crippen LogP contribution in [0.3, 0.4) is 0 Å². The van der Waals surface area contributed by atoms with Crippen molar-refractivity contribution in [2.75, 3.05) is 13.7 Å². The Morgan fingerprint density at radius 1 is 1.43 bits per heavy atom. The number of nitrogens with zero attached hydrogens (tertiary/aromatic N) is 2. The first kappa shape index (κ1) is 14.5. The molecule has 1 aromatic carbocycles. The Hall–Kier alpha value is -1.39. The second-order valence-electron chi connectivity index (χ2n) is 5.93. The molecule has 1 aromatic heterocycles. The average Bonchev–Trinajstić information content (AvgIpc) is 3.13. The predicted octanol–water partition coefficient (Wildman–Crippen LogP) is 3.18. The summed E-state index contributed by atoms with van der Waals surface area (Å²) in [5.74, 6) is 0. The van der Waals surface area contributed by atoms with Gasteiger partial charge in [-0.2, -0.15) is 5.10 Å². The van der Waals surface area contributed by atoms with E-state index in [2.05, 4.69) is 29.6 Å². The molecule has 2 aromatic rings. The van der Waals surface area contributed by atoms with Gasteiger partial charge < -0.3 is 10.1 Å². The molecule has 0 radical (unpaired) electrons. The first-order valence-electron chi connectivity index (χ1n) is 8.00. The molecule has 1 saturated heterocycles. The van der Waals surface area contributed by atoms with E-state index in [0.29, 0.717) is 12.1 Å². The lowest BCUT2D eigenvalue weighted by Gasteiger charge is -2.16. The smallest absolute Gasteiger partial charge is 0.0872 e. The van der Waals surface area contributed by atoms with E-state index >= 15 is 0 Å². The van der Waals surface area contributed by atoms with Crippen LogP contribution in [0.1, 0.15) is 43.8 Å². The zero-order valence-corrected chi connectivity index (χ0v) is 13.0. The Morgan fingerprint density at radius 3 is 3.05 bits per heavy atom. The summed E-state index contributed by atoms with van der Waals surface area (Å²) in [6.07, 6.45) is 6.41. The van der Waals surface area contributed by atoms with E-state index in [1.807, 2.05) is 18.8 Å². The van der Waals surface area contributed by atoms with Crippen molar-refractivity contribution in [3.8, 4) is 0 Å². The maximum Gasteiger partial charge on any atom is 0.0872 e. The third kappa shape index (κ3) is 3.11. The number of fused-ring (bicyclic) bond motifs is 1. The summed E-state index contributed by atoms with van der Waals surface area (Å²) >= 11 is 0. The minimum Gasteiger partial charge on any atom is -0.378 e. The number of hydrogen-bond acceptors (Lipinski definition) is 3. The Labute approximate surface area is 126 Å². The van der Waals surface area contributed by atoms with E-state index in [9.17, 15) is 0 Å². The summed E-state index contributed by atoms with van der Waals surface area (Å²) in [5, 5.41) is 9.43. The second kappa shape index (κ2) is 6.58. The van der Waals surface area contributed by atoms with Crippen molar-refractivity contribution in [2.24, 2.45) is 7.05 Å². The molecular weight excluding hydrogens is 262 g/mol. The van der Waals surface area contributed by atoms with Crippen LogP contribution < -0.4 is 5.32 Å². The van der Waals surface area contributed by atoms with Crippen LogP contribution in [0.15, 0.2) is 24.3 Å². The summed E-state index contributed by atoms with van der Waals surface area (Å²) in [4.78, 5) is 0. The fourth-order valence-electron chi connectivity index (χ4n) is 3.34. The highest BCUT2D eigenvalue weighted by Crippen LogP contribution is 2.27. The van der Waals surface area contributed by atoms with Gasteiger partial charge in [-0.15, -0.1) is 0 Å². The summed E-state index contributed by atoms with van der Waals surface area (Å²) in [5.41, 5.74) is 2.37. The highest BCUT2D eigenvalue weighted by molar-refractivity contribution is 5.82. The lowest BCUT2D eigenvalue weighted by atomic mass is 10.0. The highest BCUT2D eigenvalue weighted by atomic mass is 16.5. The molecule has 0 spiro atoms. The zero-order chi connectivity index (χ0) is 14.7. The molecule has 1 N–H and O–H groups in total. The Morgan fingerprint density at radius 2 is 2.29 bits per heavy atom. The lowest BCUT2D eigenvalue weighted by Crippen LogP contribution is -2.18. The van der Waals surface area contributed by atoms with Crippen molar-refractivity contribution in [3.63, 3.8) is 0 Å². The molecule has 114 valence electrons. The van der Waals surface area contributed by atoms with Gasteiger partial charge in [-0.05, 0) is 45.2 Å². The number of nitrogens with one attached hydrogen (secondary N) is 1. The predicted molar refractivity (Wildman–Crippen MR) is 85.3 cm³/mol. The molecule has 2 unspecified atom stereocenters. The van der Waals surface area contributed by atoms with Gasteiger partial charge in [-0.1, -0.05) is 18.2 Å². The quantitative estimate of drug-likeness (QED) is 0.887. The van der Waals surface area contributed by atoms with Crippen LogP contribution in [0.25, 0.3) is 10.9 Å². The minimum atomic E-state index is 0.317. The molecule has 0 amide bonds. The van der Waals surface area contributed by atoms with Gasteiger partial charge >= 0.3 is 0 Å². The summed E-state index contributed by atoms with van der Waals surface area (Å²) in [6.45, 7) is 0.949. The Bertz CT molecular complexity index is 587. The standard InChI is InChI=1S/C17H25N3O/c1-18-15(10-5-7-13-8-6-12-21-13)17-14-9-3-4-11-16(14)20(2)19-17/h3-4,9,11,13,15,18H,5-8,10,12H2,1-2H3. The fourth-order valence-corrected chi connectivity index (χ4v) is 3.34. The number of hydrogen-bond donors (Lipinski definition) is 1. The van der Waals surface area contributed by atoms with Crippen molar-refractivity contribution in [1.82, 2.24) is 15.1 Å². The van der Waals surface area contributed by atoms with Crippen LogP contribution in [0.4, 0.5) is 0 Å². The number of para-hydroxylation sites is 1. The molecule has 21 heavy (non-hydrogen) atoms. The van der Waals surface area contributed by atoms with Gasteiger partial charge in [0.05, 0.1) is 23.4 Å². The average molecular weight is 287 g/mol. The molecule has 2 heterocycles. The molecule has 4 heteroatoms. The van der Waals surface area contributed by atoms with E-state index in [0.717, 1.165) is 13.0 Å². The molecule has 1 aliphatic rings. The minimum absolute atomic E-state index is 0.317. The molecule has 0 saturated carbocycles. The largest absolute Gasteiger partial charge is 0.378 e. The second-order valence-corrected chi connectivity index (χ2v) is 5.93. The molecule has 0 bridgehead atoms. The van der Waals surface area contributed by atoms with Gasteiger partial charge in [0.1, 0.15) is 0 Å². The van der Waals surface area contributed by atoms with Crippen LogP contribution in [0, 0.1) is 0 Å². The van der Waals surface area contributed by atoms with Gasteiger partial charge in [0.15, 0.2) is 0 Å². The monoisotopic (exact) mass is 287 g/mol. The number of benzene rings is 1. The third-order valence-electron chi connectivity index (χ3n) is 4.51. The first-order chi connectivity index (χ1) is 10.3. The normalized spacial score (nSPS) is 20.2. The topological polar surface area (TPSA) is 39.1 Å². The van der Waals surface area contributed by atoms with Crippen molar-refractivity contribution >= 4 is 10.9 Å². The highest BCUT2D eigenvalue weighted by Gasteiger charge is 2.19. The van der Waals surface area contributed by atoms with E-state index in [-0.39, 0.29) is 0 Å². The van der Waals surface area contributed by atoms with Crippen LogP contribution in [0.2, 0.25) is 0 Å². The van der Waals surface area contributed by atoms with Crippen molar-refractivity contribution in [3.05, 3.63) is 30.0 Å². The van der Waals surface area contributed by atoms with Crippen LogP contribution in [0.5, 0.6) is 0 Å². The van der Waals surface area contributed by atoms with Gasteiger partial charge in [0, 0.05) is 19.0 Å². The number of aryl methyl sites for hydroxylation is 1. The maximum absolute atomic E-state index is 5.71. The molecule has 2 atom stereocenters. The maximum atomic E-state index is 5.71. The fraction of sp³-hybridized carbons (Fsp3) is 0.588. The Kier molecular flexibility index (Phi) is 4.56. The number of ether oxygens (including phenoxy) is 1. The molecule has 0 aliphatic carbocycles. The van der Waals surface area contributed by atoms with Gasteiger partial charge in [-0.25, -0.2) is 0 Å². The summed E-state index contributed by atoms with van der Waals surface area (Å²) < 4.78 is 7.69. The molecule has 1 aliphatic heterocycles. The van der Waals surface area contributed by atoms with Crippen LogP contribution >= 0.6 is 0 Å². The number of rotatable bonds is 6. The molecule has 4 nitrogen and oxygen atoms in total. The van der Waals surface area contributed by atoms with Crippen molar-refractivity contribution < 1.29 is 4.74 Å². The molecule has 1 fully saturated rings. The SMILES string of the molecule is CNC(CCCC1CCCO1)c1nn(C)c2ccccc12. The Balaban J connectivity index is 1.69. The summed E-state index contributed by atoms with van der Waals surface area (Å²) in [6, 6.07) is 8.77. The van der Waals surface area contributed by atoms with Crippen molar-refractivity contribution in [2.45, 2.75) is 44.2 Å². The van der Waals surface area contributed by atoms with Crippen LogP contribution in [-0.2, 0) is 11.8 Å². The lowest BCUT2D eigenvalue weighted by molar-refractivity contribution is 0.101. The molecule has 3 rings (SSSR count). The van der Waals surface area contributed by atoms with E-state index in [1.54, 1.807) is 0 Å². The van der Waals surface area contributed by atoms with Gasteiger partial charge in [0.2, 0.25) is 0 Å². The van der Waals surface area contributed by atoms with E-state index in [4.69, 9.17) is 9.84 Å². The zero-order valence-electron chi connectivity index (χ0n) is 13.0. The third-order valence-corrected chi connectivity index (χ3v) is 4.51. The van der Waals surface area contributed by atoms with E-state index < -0.39 is 0 Å².